The number of nitrogens with one attached hydrogen (secondary N) is 2. The minimum Gasteiger partial charge on any atom is -0.379 e. The standard InChI is InChI=1S/C17H30N4OS.HI/c1-5-14-6-7-15(23-14)12-19-16(18-4)20-13-17(2,3)21-8-10-22-11-9-21;/h6-7H,5,8-13H2,1-4H3,(H2,18,19,20);1H. The maximum atomic E-state index is 5.44. The average Bonchev–Trinajstić information content (AvgIpc) is 3.04. The summed E-state index contributed by atoms with van der Waals surface area (Å²) in [7, 11) is 1.82. The predicted octanol–water partition coefficient (Wildman–Crippen LogP) is 2.70. The number of rotatable bonds is 6. The van der Waals surface area contributed by atoms with Gasteiger partial charge in [-0.3, -0.25) is 9.89 Å². The first-order chi connectivity index (χ1) is 11.0. The Morgan fingerprint density at radius 2 is 1.92 bits per heavy atom. The summed E-state index contributed by atoms with van der Waals surface area (Å²) in [5.41, 5.74) is 0.0830. The zero-order valence-corrected chi connectivity index (χ0v) is 18.4. The van der Waals surface area contributed by atoms with Crippen molar-refractivity contribution in [1.29, 1.82) is 0 Å². The summed E-state index contributed by atoms with van der Waals surface area (Å²) in [6.45, 7) is 12.1. The van der Waals surface area contributed by atoms with Gasteiger partial charge < -0.3 is 15.4 Å². The molecule has 2 N–H and O–H groups in total. The van der Waals surface area contributed by atoms with Gasteiger partial charge in [0.2, 0.25) is 0 Å². The Morgan fingerprint density at radius 3 is 2.50 bits per heavy atom. The smallest absolute Gasteiger partial charge is 0.191 e. The number of hydrogen-bond donors (Lipinski definition) is 2. The molecule has 1 aromatic heterocycles. The fraction of sp³-hybridized carbons (Fsp3) is 0.706. The van der Waals surface area contributed by atoms with Gasteiger partial charge in [-0.2, -0.15) is 0 Å². The van der Waals surface area contributed by atoms with Crippen LogP contribution in [0.4, 0.5) is 0 Å². The van der Waals surface area contributed by atoms with Crippen LogP contribution in [0.1, 0.15) is 30.5 Å². The lowest BCUT2D eigenvalue weighted by Crippen LogP contribution is -2.56. The lowest BCUT2D eigenvalue weighted by atomic mass is 10.0. The van der Waals surface area contributed by atoms with E-state index in [0.29, 0.717) is 0 Å². The summed E-state index contributed by atoms with van der Waals surface area (Å²) < 4.78 is 5.44. The van der Waals surface area contributed by atoms with Crippen LogP contribution in [0.3, 0.4) is 0 Å². The third-order valence-corrected chi connectivity index (χ3v) is 5.50. The second-order valence-electron chi connectivity index (χ2n) is 6.41. The quantitative estimate of drug-likeness (QED) is 0.385. The van der Waals surface area contributed by atoms with Crippen LogP contribution in [-0.4, -0.2) is 56.3 Å². The second-order valence-corrected chi connectivity index (χ2v) is 7.67. The maximum Gasteiger partial charge on any atom is 0.191 e. The highest BCUT2D eigenvalue weighted by atomic mass is 127. The molecule has 0 radical (unpaired) electrons. The van der Waals surface area contributed by atoms with Crippen LogP contribution in [-0.2, 0) is 17.7 Å². The highest BCUT2D eigenvalue weighted by Crippen LogP contribution is 2.17. The topological polar surface area (TPSA) is 48.9 Å². The molecule has 0 saturated carbocycles. The molecule has 2 heterocycles. The van der Waals surface area contributed by atoms with Crippen molar-refractivity contribution in [3.8, 4) is 0 Å². The third kappa shape index (κ3) is 6.50. The second kappa shape index (κ2) is 10.6. The molecule has 5 nitrogen and oxygen atoms in total. The average molecular weight is 466 g/mol. The molecule has 138 valence electrons. The molecule has 1 aliphatic rings. The third-order valence-electron chi connectivity index (χ3n) is 4.28. The summed E-state index contributed by atoms with van der Waals surface area (Å²) in [5.74, 6) is 0.859. The summed E-state index contributed by atoms with van der Waals surface area (Å²) >= 11 is 1.86. The lowest BCUT2D eigenvalue weighted by molar-refractivity contribution is -0.00834. The SMILES string of the molecule is CCc1ccc(CNC(=NC)NCC(C)(C)N2CCOCC2)s1.I. The van der Waals surface area contributed by atoms with E-state index in [0.717, 1.165) is 51.8 Å². The number of morpholine rings is 1. The Labute approximate surface area is 167 Å². The predicted molar refractivity (Wildman–Crippen MR) is 114 cm³/mol. The molecule has 0 spiro atoms. The van der Waals surface area contributed by atoms with Gasteiger partial charge in [0.05, 0.1) is 19.8 Å². The van der Waals surface area contributed by atoms with Crippen molar-refractivity contribution in [3.63, 3.8) is 0 Å². The van der Waals surface area contributed by atoms with E-state index in [9.17, 15) is 0 Å². The van der Waals surface area contributed by atoms with Gasteiger partial charge in [-0.05, 0) is 32.4 Å². The summed E-state index contributed by atoms with van der Waals surface area (Å²) in [6.07, 6.45) is 1.10. The number of guanidine groups is 1. The van der Waals surface area contributed by atoms with Crippen LogP contribution >= 0.6 is 35.3 Å². The highest BCUT2D eigenvalue weighted by Gasteiger charge is 2.28. The summed E-state index contributed by atoms with van der Waals surface area (Å²) in [4.78, 5) is 9.58. The zero-order valence-electron chi connectivity index (χ0n) is 15.2. The van der Waals surface area contributed by atoms with Crippen molar-refractivity contribution in [1.82, 2.24) is 15.5 Å². The van der Waals surface area contributed by atoms with Gasteiger partial charge in [-0.25, -0.2) is 0 Å². The van der Waals surface area contributed by atoms with Crippen molar-refractivity contribution in [2.24, 2.45) is 4.99 Å². The Kier molecular flexibility index (Phi) is 9.54. The van der Waals surface area contributed by atoms with Crippen molar-refractivity contribution in [3.05, 3.63) is 21.9 Å². The molecule has 0 unspecified atom stereocenters. The van der Waals surface area contributed by atoms with E-state index in [1.807, 2.05) is 18.4 Å². The van der Waals surface area contributed by atoms with Gasteiger partial charge in [-0.15, -0.1) is 35.3 Å². The minimum absolute atomic E-state index is 0. The van der Waals surface area contributed by atoms with Crippen molar-refractivity contribution < 1.29 is 4.74 Å². The van der Waals surface area contributed by atoms with Crippen LogP contribution in [0.25, 0.3) is 0 Å². The number of aliphatic imine (C=N–C) groups is 1. The summed E-state index contributed by atoms with van der Waals surface area (Å²) in [6, 6.07) is 4.40. The van der Waals surface area contributed by atoms with Crippen LogP contribution < -0.4 is 10.6 Å². The normalized spacial score (nSPS) is 16.6. The Hall–Kier alpha value is -0.380. The first kappa shape index (κ1) is 21.7. The highest BCUT2D eigenvalue weighted by molar-refractivity contribution is 14.0. The van der Waals surface area contributed by atoms with E-state index in [4.69, 9.17) is 4.74 Å². The first-order valence-corrected chi connectivity index (χ1v) is 9.21. The van der Waals surface area contributed by atoms with E-state index < -0.39 is 0 Å². The fourth-order valence-electron chi connectivity index (χ4n) is 2.68. The van der Waals surface area contributed by atoms with E-state index >= 15 is 0 Å². The molecule has 0 aromatic carbocycles. The number of ether oxygens (including phenoxy) is 1. The molecule has 1 fully saturated rings. The van der Waals surface area contributed by atoms with Crippen LogP contribution in [0.15, 0.2) is 17.1 Å². The Bertz CT molecular complexity index is 512. The maximum absolute atomic E-state index is 5.44. The van der Waals surface area contributed by atoms with Gasteiger partial charge in [0.15, 0.2) is 5.96 Å². The largest absolute Gasteiger partial charge is 0.379 e. The van der Waals surface area contributed by atoms with Crippen LogP contribution in [0, 0.1) is 0 Å². The minimum atomic E-state index is 0. The van der Waals surface area contributed by atoms with E-state index in [2.05, 4.69) is 53.4 Å². The number of aryl methyl sites for hydroxylation is 1. The monoisotopic (exact) mass is 466 g/mol. The molecule has 2 rings (SSSR count). The number of nitrogens with zero attached hydrogens (tertiary/aromatic N) is 2. The fourth-order valence-corrected chi connectivity index (χ4v) is 3.58. The van der Waals surface area contributed by atoms with E-state index in [1.165, 1.54) is 9.75 Å². The molecular weight excluding hydrogens is 435 g/mol. The van der Waals surface area contributed by atoms with E-state index in [1.54, 1.807) is 0 Å². The summed E-state index contributed by atoms with van der Waals surface area (Å²) in [5, 5.41) is 6.86. The first-order valence-electron chi connectivity index (χ1n) is 8.40. The molecule has 24 heavy (non-hydrogen) atoms. The van der Waals surface area contributed by atoms with Gasteiger partial charge in [0, 0.05) is 42.0 Å². The molecule has 0 atom stereocenters. The van der Waals surface area contributed by atoms with Gasteiger partial charge in [0.1, 0.15) is 0 Å². The van der Waals surface area contributed by atoms with E-state index in [-0.39, 0.29) is 29.5 Å². The molecule has 7 heteroatoms. The molecule has 1 aromatic rings. The number of hydrogen-bond acceptors (Lipinski definition) is 4. The van der Waals surface area contributed by atoms with Crippen LogP contribution in [0.2, 0.25) is 0 Å². The van der Waals surface area contributed by atoms with Crippen LogP contribution in [0.5, 0.6) is 0 Å². The van der Waals surface area contributed by atoms with Gasteiger partial charge >= 0.3 is 0 Å². The molecule has 1 aliphatic heterocycles. The van der Waals surface area contributed by atoms with Crippen molar-refractivity contribution in [2.45, 2.75) is 39.3 Å². The van der Waals surface area contributed by atoms with Gasteiger partial charge in [0.25, 0.3) is 0 Å². The number of halogens is 1. The Balaban J connectivity index is 0.00000288. The molecule has 0 amide bonds. The zero-order chi connectivity index (χ0) is 16.7. The van der Waals surface area contributed by atoms with Crippen molar-refractivity contribution >= 4 is 41.3 Å². The number of thiophene rings is 1. The molecular formula is C17H31IN4OS. The lowest BCUT2D eigenvalue weighted by Gasteiger charge is -2.41. The van der Waals surface area contributed by atoms with Crippen molar-refractivity contribution in [2.75, 3.05) is 39.9 Å². The molecule has 0 bridgehead atoms. The molecule has 1 saturated heterocycles. The van der Waals surface area contributed by atoms with Gasteiger partial charge in [-0.1, -0.05) is 6.92 Å². The Morgan fingerprint density at radius 1 is 1.25 bits per heavy atom. The molecule has 0 aliphatic carbocycles.